The van der Waals surface area contributed by atoms with Crippen molar-refractivity contribution < 1.29 is 0 Å². The predicted octanol–water partition coefficient (Wildman–Crippen LogP) is 2.11. The van der Waals surface area contributed by atoms with E-state index in [0.717, 1.165) is 17.8 Å². The highest BCUT2D eigenvalue weighted by atomic mass is 32.1. The Morgan fingerprint density at radius 2 is 2.33 bits per heavy atom. The van der Waals surface area contributed by atoms with Crippen LogP contribution in [0.2, 0.25) is 0 Å². The van der Waals surface area contributed by atoms with E-state index in [0.29, 0.717) is 6.54 Å². The van der Waals surface area contributed by atoms with Crippen LogP contribution < -0.4 is 0 Å². The molecule has 74 valence electrons. The first-order valence-corrected chi connectivity index (χ1v) is 5.71. The fraction of sp³-hybridized carbons (Fsp3) is 0.182. The number of fused-ring (bicyclic) bond motifs is 1. The van der Waals surface area contributed by atoms with E-state index < -0.39 is 0 Å². The number of hydrogen-bond acceptors (Lipinski definition) is 4. The Morgan fingerprint density at radius 1 is 1.33 bits per heavy atom. The van der Waals surface area contributed by atoms with Gasteiger partial charge in [0, 0.05) is 18.2 Å². The number of hydrogen-bond donors (Lipinski definition) is 0. The maximum atomic E-state index is 4.33. The third kappa shape index (κ3) is 1.57. The van der Waals surface area contributed by atoms with Gasteiger partial charge in [0.15, 0.2) is 0 Å². The fourth-order valence-corrected chi connectivity index (χ4v) is 2.37. The topological polar surface area (TPSA) is 37.1 Å². The van der Waals surface area contributed by atoms with Crippen LogP contribution in [0.3, 0.4) is 0 Å². The highest BCUT2D eigenvalue weighted by Crippen LogP contribution is 2.18. The minimum atomic E-state index is 0.669. The van der Waals surface area contributed by atoms with Crippen molar-refractivity contribution in [1.29, 1.82) is 0 Å². The third-order valence-electron chi connectivity index (χ3n) is 2.44. The average Bonchev–Trinajstić information content (AvgIpc) is 2.89. The van der Waals surface area contributed by atoms with Gasteiger partial charge in [-0.1, -0.05) is 0 Å². The van der Waals surface area contributed by atoms with Gasteiger partial charge in [0.05, 0.1) is 18.0 Å². The van der Waals surface area contributed by atoms with Crippen molar-refractivity contribution in [3.8, 4) is 0 Å². The molecule has 1 aromatic rings. The minimum Gasteiger partial charge on any atom is -0.267 e. The summed E-state index contributed by atoms with van der Waals surface area (Å²) in [6, 6.07) is 2.14. The first-order valence-electron chi connectivity index (χ1n) is 4.77. The molecular formula is C11H9N3S. The molecular weight excluding hydrogens is 206 g/mol. The Balaban J connectivity index is 1.85. The normalized spacial score (nSPS) is 18.3. The first-order chi connectivity index (χ1) is 7.43. The fourth-order valence-electron chi connectivity index (χ4n) is 1.70. The quantitative estimate of drug-likeness (QED) is 0.724. The van der Waals surface area contributed by atoms with Crippen LogP contribution in [-0.2, 0) is 6.42 Å². The molecule has 0 aromatic carbocycles. The zero-order chi connectivity index (χ0) is 10.1. The van der Waals surface area contributed by atoms with Crippen molar-refractivity contribution in [2.24, 2.45) is 15.0 Å². The van der Waals surface area contributed by atoms with Crippen LogP contribution in [0.25, 0.3) is 0 Å². The SMILES string of the molecule is C1=NCC2=NC=C(Cc3ccsc3)C2=N1. The summed E-state index contributed by atoms with van der Waals surface area (Å²) in [4.78, 5) is 12.7. The largest absolute Gasteiger partial charge is 0.267 e. The second-order valence-corrected chi connectivity index (χ2v) is 4.25. The van der Waals surface area contributed by atoms with Crippen molar-refractivity contribution in [3.63, 3.8) is 0 Å². The van der Waals surface area contributed by atoms with Crippen LogP contribution in [0.4, 0.5) is 0 Å². The van der Waals surface area contributed by atoms with Gasteiger partial charge < -0.3 is 0 Å². The Kier molecular flexibility index (Phi) is 2.07. The van der Waals surface area contributed by atoms with Crippen molar-refractivity contribution in [2.75, 3.05) is 6.54 Å². The molecule has 3 heterocycles. The summed E-state index contributed by atoms with van der Waals surface area (Å²) in [5, 5.41) is 4.26. The second kappa shape index (κ2) is 3.55. The van der Waals surface area contributed by atoms with Gasteiger partial charge in [-0.05, 0) is 22.4 Å². The van der Waals surface area contributed by atoms with Crippen LogP contribution in [0, 0.1) is 0 Å². The van der Waals surface area contributed by atoms with Gasteiger partial charge in [-0.2, -0.15) is 11.3 Å². The van der Waals surface area contributed by atoms with Crippen LogP contribution in [-0.4, -0.2) is 24.3 Å². The molecule has 1 aromatic heterocycles. The van der Waals surface area contributed by atoms with Crippen molar-refractivity contribution >= 4 is 29.1 Å². The Morgan fingerprint density at radius 3 is 3.20 bits per heavy atom. The van der Waals surface area contributed by atoms with Gasteiger partial charge in [0.25, 0.3) is 0 Å². The smallest absolute Gasteiger partial charge is 0.111 e. The van der Waals surface area contributed by atoms with Gasteiger partial charge in [-0.25, -0.2) is 4.99 Å². The molecule has 0 N–H and O–H groups in total. The Bertz CT molecular complexity index is 492. The van der Waals surface area contributed by atoms with Crippen LogP contribution >= 0.6 is 11.3 Å². The molecule has 0 saturated carbocycles. The summed E-state index contributed by atoms with van der Waals surface area (Å²) in [7, 11) is 0. The van der Waals surface area contributed by atoms with Crippen molar-refractivity contribution in [3.05, 3.63) is 34.2 Å². The van der Waals surface area contributed by atoms with Crippen LogP contribution in [0.5, 0.6) is 0 Å². The molecule has 2 aliphatic rings. The number of nitrogens with zero attached hydrogens (tertiary/aromatic N) is 3. The molecule has 0 spiro atoms. The minimum absolute atomic E-state index is 0.669. The van der Waals surface area contributed by atoms with Gasteiger partial charge >= 0.3 is 0 Å². The number of aliphatic imine (C=N–C) groups is 3. The van der Waals surface area contributed by atoms with E-state index in [1.807, 2.05) is 6.20 Å². The molecule has 4 heteroatoms. The zero-order valence-electron chi connectivity index (χ0n) is 8.05. The molecule has 0 fully saturated rings. The standard InChI is InChI=1S/C11H9N3S/c1-2-15-6-8(1)3-9-4-13-10-5-12-7-14-11(9)10/h1-2,4,6-7H,3,5H2. The average molecular weight is 215 g/mol. The summed E-state index contributed by atoms with van der Waals surface area (Å²) in [5.74, 6) is 0. The van der Waals surface area contributed by atoms with Crippen molar-refractivity contribution in [2.45, 2.75) is 6.42 Å². The number of allylic oxidation sites excluding steroid dienone is 1. The highest BCUT2D eigenvalue weighted by Gasteiger charge is 2.20. The Hall–Kier alpha value is -1.55. The lowest BCUT2D eigenvalue weighted by atomic mass is 10.0. The van der Waals surface area contributed by atoms with E-state index in [1.54, 1.807) is 17.7 Å². The van der Waals surface area contributed by atoms with E-state index in [2.05, 4.69) is 31.8 Å². The van der Waals surface area contributed by atoms with E-state index in [-0.39, 0.29) is 0 Å². The van der Waals surface area contributed by atoms with Gasteiger partial charge in [-0.3, -0.25) is 9.98 Å². The molecule has 0 unspecified atom stereocenters. The summed E-state index contributed by atoms with van der Waals surface area (Å²) in [5.41, 5.74) is 4.56. The maximum absolute atomic E-state index is 4.33. The molecule has 0 radical (unpaired) electrons. The lowest BCUT2D eigenvalue weighted by Gasteiger charge is -2.07. The predicted molar refractivity (Wildman–Crippen MR) is 64.3 cm³/mol. The zero-order valence-corrected chi connectivity index (χ0v) is 8.87. The molecule has 2 aliphatic heterocycles. The van der Waals surface area contributed by atoms with E-state index in [4.69, 9.17) is 0 Å². The third-order valence-corrected chi connectivity index (χ3v) is 3.17. The summed E-state index contributed by atoms with van der Waals surface area (Å²) < 4.78 is 0. The molecule has 0 bridgehead atoms. The number of rotatable bonds is 2. The van der Waals surface area contributed by atoms with Gasteiger partial charge in [-0.15, -0.1) is 0 Å². The summed E-state index contributed by atoms with van der Waals surface area (Å²) >= 11 is 1.72. The molecule has 15 heavy (non-hydrogen) atoms. The molecule has 0 saturated heterocycles. The van der Waals surface area contributed by atoms with E-state index >= 15 is 0 Å². The first kappa shape index (κ1) is 8.73. The van der Waals surface area contributed by atoms with Gasteiger partial charge in [0.1, 0.15) is 6.34 Å². The molecule has 0 atom stereocenters. The summed E-state index contributed by atoms with van der Waals surface area (Å²) in [6.07, 6.45) is 4.46. The van der Waals surface area contributed by atoms with E-state index in [1.165, 1.54) is 11.1 Å². The number of thiophene rings is 1. The van der Waals surface area contributed by atoms with Crippen LogP contribution in [0.1, 0.15) is 5.56 Å². The lowest BCUT2D eigenvalue weighted by Crippen LogP contribution is -2.20. The van der Waals surface area contributed by atoms with Crippen LogP contribution in [0.15, 0.2) is 43.6 Å². The van der Waals surface area contributed by atoms with Crippen molar-refractivity contribution in [1.82, 2.24) is 0 Å². The highest BCUT2D eigenvalue weighted by molar-refractivity contribution is 7.07. The van der Waals surface area contributed by atoms with E-state index in [9.17, 15) is 0 Å². The molecule has 0 aliphatic carbocycles. The van der Waals surface area contributed by atoms with Gasteiger partial charge in [0.2, 0.25) is 0 Å². The Labute approximate surface area is 91.6 Å². The molecule has 3 nitrogen and oxygen atoms in total. The molecule has 3 rings (SSSR count). The summed E-state index contributed by atoms with van der Waals surface area (Å²) in [6.45, 7) is 0.669. The lowest BCUT2D eigenvalue weighted by molar-refractivity contribution is 1.23. The second-order valence-electron chi connectivity index (χ2n) is 3.47. The monoisotopic (exact) mass is 215 g/mol. The maximum Gasteiger partial charge on any atom is 0.111 e. The molecule has 0 amide bonds.